The van der Waals surface area contributed by atoms with E-state index in [-0.39, 0.29) is 17.7 Å². The number of imidazole rings is 1. The Morgan fingerprint density at radius 1 is 1.20 bits per heavy atom. The van der Waals surface area contributed by atoms with Crippen LogP contribution in [0.25, 0.3) is 11.3 Å². The number of H-pyrrole nitrogens is 1. The van der Waals surface area contributed by atoms with Gasteiger partial charge < -0.3 is 19.4 Å². The molecule has 0 bridgehead atoms. The lowest BCUT2D eigenvalue weighted by Gasteiger charge is -2.35. The molecule has 1 saturated heterocycles. The van der Waals surface area contributed by atoms with Gasteiger partial charge in [-0.05, 0) is 24.8 Å². The van der Waals surface area contributed by atoms with Crippen molar-refractivity contribution in [1.82, 2.24) is 14.9 Å². The number of carbonyl (C=O) groups is 1. The molecule has 0 saturated carbocycles. The molecule has 6 nitrogen and oxygen atoms in total. The van der Waals surface area contributed by atoms with Crippen LogP contribution in [0.2, 0.25) is 0 Å². The summed E-state index contributed by atoms with van der Waals surface area (Å²) in [5.41, 5.74) is 2.05. The molecule has 2 aliphatic rings. The van der Waals surface area contributed by atoms with Crippen LogP contribution in [0.15, 0.2) is 48.5 Å². The van der Waals surface area contributed by atoms with Gasteiger partial charge in [-0.3, -0.25) is 4.79 Å². The minimum Gasteiger partial charge on any atom is -0.494 e. The van der Waals surface area contributed by atoms with Gasteiger partial charge in [0.2, 0.25) is 5.76 Å². The van der Waals surface area contributed by atoms with Gasteiger partial charge in [-0.1, -0.05) is 30.3 Å². The first-order valence-electron chi connectivity index (χ1n) is 8.69. The van der Waals surface area contributed by atoms with E-state index in [0.29, 0.717) is 19.8 Å². The molecule has 1 aromatic heterocycles. The van der Waals surface area contributed by atoms with Gasteiger partial charge in [-0.2, -0.15) is 0 Å². The molecular formula is C19H21N3O3. The number of hydrogen-bond acceptors (Lipinski definition) is 4. The maximum Gasteiger partial charge on any atom is 0.292 e. The average molecular weight is 339 g/mol. The van der Waals surface area contributed by atoms with Crippen molar-refractivity contribution in [3.63, 3.8) is 0 Å². The maximum atomic E-state index is 12.8. The second-order valence-corrected chi connectivity index (χ2v) is 6.26. The molecular weight excluding hydrogens is 318 g/mol. The zero-order valence-corrected chi connectivity index (χ0v) is 14.0. The average Bonchev–Trinajstić information content (AvgIpc) is 3.19. The summed E-state index contributed by atoms with van der Waals surface area (Å²) in [7, 11) is 0. The van der Waals surface area contributed by atoms with E-state index in [1.807, 2.05) is 41.4 Å². The fourth-order valence-corrected chi connectivity index (χ4v) is 3.35. The van der Waals surface area contributed by atoms with Gasteiger partial charge in [0.25, 0.3) is 5.91 Å². The standard InChI is InChI=1S/C19H21N3O3/c23-19(17-13-24-10-11-25-17)22-9-5-4-8-16(22)18-20-12-15(21-18)14-6-2-1-3-7-14/h1-3,6-7,12-13,16H,4-5,8-11H2,(H,20,21). The van der Waals surface area contributed by atoms with Gasteiger partial charge in [0.05, 0.1) is 17.9 Å². The van der Waals surface area contributed by atoms with Crippen molar-refractivity contribution in [2.45, 2.75) is 25.3 Å². The van der Waals surface area contributed by atoms with Crippen molar-refractivity contribution in [2.24, 2.45) is 0 Å². The minimum absolute atomic E-state index is 0.0647. The predicted octanol–water partition coefficient (Wildman–Crippen LogP) is 3.02. The highest BCUT2D eigenvalue weighted by atomic mass is 16.6. The van der Waals surface area contributed by atoms with Crippen LogP contribution in [0.5, 0.6) is 0 Å². The summed E-state index contributed by atoms with van der Waals surface area (Å²) < 4.78 is 10.7. The van der Waals surface area contributed by atoms with E-state index in [9.17, 15) is 4.79 Å². The molecule has 2 aromatic rings. The third-order valence-electron chi connectivity index (χ3n) is 4.62. The van der Waals surface area contributed by atoms with Crippen molar-refractivity contribution in [3.8, 4) is 11.3 Å². The number of benzene rings is 1. The van der Waals surface area contributed by atoms with Crippen LogP contribution in [-0.4, -0.2) is 40.5 Å². The Bertz CT molecular complexity index is 769. The number of nitrogens with one attached hydrogen (secondary N) is 1. The number of piperidine rings is 1. The second kappa shape index (κ2) is 7.01. The Morgan fingerprint density at radius 2 is 2.08 bits per heavy atom. The fourth-order valence-electron chi connectivity index (χ4n) is 3.35. The van der Waals surface area contributed by atoms with E-state index >= 15 is 0 Å². The van der Waals surface area contributed by atoms with Crippen molar-refractivity contribution in [3.05, 3.63) is 54.4 Å². The molecule has 4 rings (SSSR count). The summed E-state index contributed by atoms with van der Waals surface area (Å²) in [6, 6.07) is 10.0. The molecule has 6 heteroatoms. The Hall–Kier alpha value is -2.76. The molecule has 0 radical (unpaired) electrons. The molecule has 1 fully saturated rings. The number of carbonyl (C=O) groups excluding carboxylic acids is 1. The maximum absolute atomic E-state index is 12.8. The summed E-state index contributed by atoms with van der Waals surface area (Å²) in [5.74, 6) is 0.985. The topological polar surface area (TPSA) is 67.5 Å². The zero-order valence-electron chi connectivity index (χ0n) is 14.0. The fraction of sp³-hybridized carbons (Fsp3) is 0.368. The molecule has 0 spiro atoms. The highest BCUT2D eigenvalue weighted by Gasteiger charge is 2.33. The molecule has 1 amide bonds. The van der Waals surface area contributed by atoms with Crippen LogP contribution in [0.1, 0.15) is 31.1 Å². The minimum atomic E-state index is -0.123. The van der Waals surface area contributed by atoms with E-state index in [0.717, 1.165) is 36.3 Å². The summed E-state index contributed by atoms with van der Waals surface area (Å²) in [5, 5.41) is 0. The first-order chi connectivity index (χ1) is 12.3. The normalized spacial score (nSPS) is 20.4. The van der Waals surface area contributed by atoms with Gasteiger partial charge in [-0.25, -0.2) is 4.98 Å². The Balaban J connectivity index is 1.58. The van der Waals surface area contributed by atoms with E-state index in [2.05, 4.69) is 9.97 Å². The molecule has 0 aliphatic carbocycles. The third kappa shape index (κ3) is 3.24. The van der Waals surface area contributed by atoms with Crippen LogP contribution >= 0.6 is 0 Å². The largest absolute Gasteiger partial charge is 0.494 e. The van der Waals surface area contributed by atoms with Gasteiger partial charge in [-0.15, -0.1) is 0 Å². The number of ether oxygens (including phenoxy) is 2. The van der Waals surface area contributed by atoms with Gasteiger partial charge in [0.15, 0.2) is 0 Å². The summed E-state index contributed by atoms with van der Waals surface area (Å²) in [6.45, 7) is 1.60. The van der Waals surface area contributed by atoms with Crippen LogP contribution in [-0.2, 0) is 14.3 Å². The molecule has 1 unspecified atom stereocenters. The molecule has 130 valence electrons. The smallest absolute Gasteiger partial charge is 0.292 e. The number of aromatic nitrogens is 2. The van der Waals surface area contributed by atoms with Crippen LogP contribution in [0, 0.1) is 0 Å². The Morgan fingerprint density at radius 3 is 2.88 bits per heavy atom. The van der Waals surface area contributed by atoms with Gasteiger partial charge >= 0.3 is 0 Å². The lowest BCUT2D eigenvalue weighted by Crippen LogP contribution is -2.40. The first kappa shape index (κ1) is 15.7. The SMILES string of the molecule is O=C(C1=COCCO1)N1CCCCC1c1ncc(-c2ccccc2)[nH]1. The summed E-state index contributed by atoms with van der Waals surface area (Å²) >= 11 is 0. The number of aromatic amines is 1. The van der Waals surface area contributed by atoms with Crippen molar-refractivity contribution in [1.29, 1.82) is 0 Å². The molecule has 25 heavy (non-hydrogen) atoms. The molecule has 1 aromatic carbocycles. The van der Waals surface area contributed by atoms with E-state index in [1.165, 1.54) is 6.26 Å². The van der Waals surface area contributed by atoms with Gasteiger partial charge in [0.1, 0.15) is 25.3 Å². The lowest BCUT2D eigenvalue weighted by atomic mass is 10.0. The first-order valence-corrected chi connectivity index (χ1v) is 8.69. The summed E-state index contributed by atoms with van der Waals surface area (Å²) in [6.07, 6.45) is 6.22. The number of nitrogens with zero attached hydrogens (tertiary/aromatic N) is 2. The molecule has 1 N–H and O–H groups in total. The van der Waals surface area contributed by atoms with Crippen molar-refractivity contribution in [2.75, 3.05) is 19.8 Å². The monoisotopic (exact) mass is 339 g/mol. The molecule has 2 aliphatic heterocycles. The zero-order chi connectivity index (χ0) is 17.1. The van der Waals surface area contributed by atoms with E-state index in [1.54, 1.807) is 0 Å². The number of rotatable bonds is 3. The van der Waals surface area contributed by atoms with E-state index in [4.69, 9.17) is 9.47 Å². The van der Waals surface area contributed by atoms with Crippen LogP contribution in [0.4, 0.5) is 0 Å². The summed E-state index contributed by atoms with van der Waals surface area (Å²) in [4.78, 5) is 22.6. The van der Waals surface area contributed by atoms with Crippen LogP contribution in [0.3, 0.4) is 0 Å². The highest BCUT2D eigenvalue weighted by molar-refractivity contribution is 5.91. The Kier molecular flexibility index (Phi) is 4.41. The number of hydrogen-bond donors (Lipinski definition) is 1. The lowest BCUT2D eigenvalue weighted by molar-refractivity contribution is -0.136. The Labute approximate surface area is 146 Å². The third-order valence-corrected chi connectivity index (χ3v) is 4.62. The number of amides is 1. The second-order valence-electron chi connectivity index (χ2n) is 6.26. The number of likely N-dealkylation sites (tertiary alicyclic amines) is 1. The van der Waals surface area contributed by atoms with Crippen molar-refractivity contribution >= 4 is 5.91 Å². The van der Waals surface area contributed by atoms with Crippen molar-refractivity contribution < 1.29 is 14.3 Å². The van der Waals surface area contributed by atoms with Gasteiger partial charge in [0, 0.05) is 6.54 Å². The quantitative estimate of drug-likeness (QED) is 0.933. The molecule has 3 heterocycles. The highest BCUT2D eigenvalue weighted by Crippen LogP contribution is 2.32. The van der Waals surface area contributed by atoms with Crippen LogP contribution < -0.4 is 0 Å². The molecule has 1 atom stereocenters. The van der Waals surface area contributed by atoms with E-state index < -0.39 is 0 Å². The predicted molar refractivity (Wildman–Crippen MR) is 92.3 cm³/mol.